The first-order valence-corrected chi connectivity index (χ1v) is 7.85. The summed E-state index contributed by atoms with van der Waals surface area (Å²) in [5, 5.41) is 3.73. The maximum Gasteiger partial charge on any atom is 0.0243 e. The Bertz CT molecular complexity index is 263. The first kappa shape index (κ1) is 14.3. The molecule has 0 amide bonds. The topological polar surface area (TPSA) is 15.3 Å². The summed E-state index contributed by atoms with van der Waals surface area (Å²) in [5.74, 6) is 1.63. The van der Waals surface area contributed by atoms with Crippen molar-refractivity contribution < 1.29 is 0 Å². The zero-order valence-electron chi connectivity index (χ0n) is 13.0. The summed E-state index contributed by atoms with van der Waals surface area (Å²) in [6, 6.07) is 1.57. The van der Waals surface area contributed by atoms with Crippen molar-refractivity contribution >= 4 is 0 Å². The van der Waals surface area contributed by atoms with Gasteiger partial charge in [-0.05, 0) is 43.1 Å². The van der Waals surface area contributed by atoms with Crippen LogP contribution in [0.25, 0.3) is 0 Å². The third-order valence-corrected chi connectivity index (χ3v) is 4.88. The van der Waals surface area contributed by atoms with Gasteiger partial charge < -0.3 is 5.32 Å². The van der Waals surface area contributed by atoms with Gasteiger partial charge in [-0.15, -0.1) is 0 Å². The van der Waals surface area contributed by atoms with E-state index in [9.17, 15) is 0 Å². The molecule has 1 N–H and O–H groups in total. The Morgan fingerprint density at radius 1 is 1.17 bits per heavy atom. The van der Waals surface area contributed by atoms with Crippen molar-refractivity contribution in [3.8, 4) is 0 Å². The SMILES string of the molecule is CC(C)C(CNC1CC1)N1CCC(C(C)(C)C)C1. The third-order valence-electron chi connectivity index (χ3n) is 4.88. The number of rotatable bonds is 5. The summed E-state index contributed by atoms with van der Waals surface area (Å²) in [7, 11) is 0. The zero-order chi connectivity index (χ0) is 13.3. The molecule has 1 heterocycles. The second kappa shape index (κ2) is 5.50. The summed E-state index contributed by atoms with van der Waals surface area (Å²) in [6.07, 6.45) is 4.18. The normalized spacial score (nSPS) is 28.0. The van der Waals surface area contributed by atoms with E-state index in [4.69, 9.17) is 0 Å². The molecule has 2 heteroatoms. The highest BCUT2D eigenvalue weighted by atomic mass is 15.2. The molecule has 2 rings (SSSR count). The van der Waals surface area contributed by atoms with Crippen LogP contribution in [0, 0.1) is 17.3 Å². The monoisotopic (exact) mass is 252 g/mol. The van der Waals surface area contributed by atoms with Crippen LogP contribution in [0.2, 0.25) is 0 Å². The first-order valence-electron chi connectivity index (χ1n) is 7.85. The Kier molecular flexibility index (Phi) is 4.38. The molecule has 1 aliphatic heterocycles. The molecule has 2 atom stereocenters. The number of nitrogens with one attached hydrogen (secondary N) is 1. The van der Waals surface area contributed by atoms with Crippen molar-refractivity contribution in [3.05, 3.63) is 0 Å². The Labute approximate surface area is 114 Å². The lowest BCUT2D eigenvalue weighted by atomic mass is 9.80. The molecule has 0 aromatic rings. The molecule has 1 saturated heterocycles. The van der Waals surface area contributed by atoms with E-state index < -0.39 is 0 Å². The van der Waals surface area contributed by atoms with Gasteiger partial charge in [0, 0.05) is 25.2 Å². The van der Waals surface area contributed by atoms with Crippen LogP contribution >= 0.6 is 0 Å². The summed E-state index contributed by atoms with van der Waals surface area (Å²) in [4.78, 5) is 2.75. The number of nitrogens with zero attached hydrogens (tertiary/aromatic N) is 1. The average Bonchev–Trinajstić information content (AvgIpc) is 2.92. The molecule has 2 fully saturated rings. The fourth-order valence-corrected chi connectivity index (χ4v) is 3.16. The van der Waals surface area contributed by atoms with Crippen molar-refractivity contribution in [3.63, 3.8) is 0 Å². The molecule has 0 bridgehead atoms. The van der Waals surface area contributed by atoms with Gasteiger partial charge in [-0.1, -0.05) is 34.6 Å². The number of likely N-dealkylation sites (tertiary alicyclic amines) is 1. The van der Waals surface area contributed by atoms with Gasteiger partial charge in [0.1, 0.15) is 0 Å². The van der Waals surface area contributed by atoms with Crippen molar-refractivity contribution in [1.29, 1.82) is 0 Å². The van der Waals surface area contributed by atoms with E-state index in [0.717, 1.165) is 23.9 Å². The fourth-order valence-electron chi connectivity index (χ4n) is 3.16. The van der Waals surface area contributed by atoms with E-state index in [1.807, 2.05) is 0 Å². The van der Waals surface area contributed by atoms with Gasteiger partial charge in [0.25, 0.3) is 0 Å². The molecule has 18 heavy (non-hydrogen) atoms. The summed E-state index contributed by atoms with van der Waals surface area (Å²) >= 11 is 0. The average molecular weight is 252 g/mol. The van der Waals surface area contributed by atoms with Crippen LogP contribution in [0.4, 0.5) is 0 Å². The van der Waals surface area contributed by atoms with Crippen LogP contribution in [-0.2, 0) is 0 Å². The van der Waals surface area contributed by atoms with E-state index in [2.05, 4.69) is 44.8 Å². The highest BCUT2D eigenvalue weighted by Crippen LogP contribution is 2.35. The second-order valence-corrected chi connectivity index (χ2v) is 7.84. The Morgan fingerprint density at radius 2 is 1.83 bits per heavy atom. The minimum Gasteiger partial charge on any atom is -0.312 e. The molecule has 0 radical (unpaired) electrons. The smallest absolute Gasteiger partial charge is 0.0243 e. The van der Waals surface area contributed by atoms with E-state index in [0.29, 0.717) is 5.41 Å². The molecule has 2 nitrogen and oxygen atoms in total. The van der Waals surface area contributed by atoms with Gasteiger partial charge >= 0.3 is 0 Å². The van der Waals surface area contributed by atoms with Crippen LogP contribution in [0.3, 0.4) is 0 Å². The lowest BCUT2D eigenvalue weighted by Gasteiger charge is -2.33. The Morgan fingerprint density at radius 3 is 2.28 bits per heavy atom. The van der Waals surface area contributed by atoms with E-state index in [1.165, 1.54) is 38.9 Å². The van der Waals surface area contributed by atoms with E-state index in [1.54, 1.807) is 0 Å². The van der Waals surface area contributed by atoms with Crippen LogP contribution in [0.1, 0.15) is 53.9 Å². The lowest BCUT2D eigenvalue weighted by Crippen LogP contribution is -2.45. The standard InChI is InChI=1S/C16H32N2/c1-12(2)15(10-17-14-6-7-14)18-9-8-13(11-18)16(3,4)5/h12-15,17H,6-11H2,1-5H3. The summed E-state index contributed by atoms with van der Waals surface area (Å²) in [5.41, 5.74) is 0.472. The maximum atomic E-state index is 3.73. The van der Waals surface area contributed by atoms with Gasteiger partial charge in [-0.25, -0.2) is 0 Å². The molecule has 2 aliphatic rings. The lowest BCUT2D eigenvalue weighted by molar-refractivity contribution is 0.159. The van der Waals surface area contributed by atoms with Crippen molar-refractivity contribution in [1.82, 2.24) is 10.2 Å². The zero-order valence-corrected chi connectivity index (χ0v) is 13.0. The van der Waals surface area contributed by atoms with Crippen molar-refractivity contribution in [2.24, 2.45) is 17.3 Å². The minimum atomic E-state index is 0.472. The minimum absolute atomic E-state index is 0.472. The highest BCUT2D eigenvalue weighted by molar-refractivity contribution is 4.90. The molecule has 0 aromatic heterocycles. The maximum absolute atomic E-state index is 3.73. The molecule has 106 valence electrons. The number of hydrogen-bond acceptors (Lipinski definition) is 2. The van der Waals surface area contributed by atoms with E-state index >= 15 is 0 Å². The molecule has 1 aliphatic carbocycles. The van der Waals surface area contributed by atoms with Crippen LogP contribution < -0.4 is 5.32 Å². The van der Waals surface area contributed by atoms with Gasteiger partial charge in [0.2, 0.25) is 0 Å². The van der Waals surface area contributed by atoms with Gasteiger partial charge in [-0.2, -0.15) is 0 Å². The van der Waals surface area contributed by atoms with E-state index in [-0.39, 0.29) is 0 Å². The molecule has 0 aromatic carbocycles. The second-order valence-electron chi connectivity index (χ2n) is 7.84. The Hall–Kier alpha value is -0.0800. The summed E-state index contributed by atoms with van der Waals surface area (Å²) in [6.45, 7) is 15.7. The van der Waals surface area contributed by atoms with Crippen molar-refractivity contribution in [2.75, 3.05) is 19.6 Å². The predicted molar refractivity (Wildman–Crippen MR) is 78.8 cm³/mol. The Balaban J connectivity index is 1.86. The largest absolute Gasteiger partial charge is 0.312 e. The molecule has 2 unspecified atom stereocenters. The van der Waals surface area contributed by atoms with Gasteiger partial charge in [-0.3, -0.25) is 4.90 Å². The van der Waals surface area contributed by atoms with Gasteiger partial charge in [0.15, 0.2) is 0 Å². The predicted octanol–water partition coefficient (Wildman–Crippen LogP) is 3.13. The van der Waals surface area contributed by atoms with Crippen molar-refractivity contribution in [2.45, 2.75) is 66.0 Å². The molecule has 0 spiro atoms. The van der Waals surface area contributed by atoms with Crippen LogP contribution in [0.15, 0.2) is 0 Å². The van der Waals surface area contributed by atoms with Gasteiger partial charge in [0.05, 0.1) is 0 Å². The fraction of sp³-hybridized carbons (Fsp3) is 1.00. The number of hydrogen-bond donors (Lipinski definition) is 1. The molecule has 1 saturated carbocycles. The first-order chi connectivity index (χ1) is 8.38. The quantitative estimate of drug-likeness (QED) is 0.809. The van der Waals surface area contributed by atoms with Crippen LogP contribution in [-0.4, -0.2) is 36.6 Å². The van der Waals surface area contributed by atoms with Crippen LogP contribution in [0.5, 0.6) is 0 Å². The highest BCUT2D eigenvalue weighted by Gasteiger charge is 2.36. The molecular formula is C16H32N2. The third kappa shape index (κ3) is 3.71. The molecular weight excluding hydrogens is 220 g/mol. The summed E-state index contributed by atoms with van der Waals surface area (Å²) < 4.78 is 0.